The molecule has 1 atom stereocenters. The van der Waals surface area contributed by atoms with E-state index < -0.39 is 0 Å². The minimum absolute atomic E-state index is 0.771. The van der Waals surface area contributed by atoms with Gasteiger partial charge in [0.15, 0.2) is 0 Å². The van der Waals surface area contributed by atoms with E-state index in [1.807, 2.05) is 6.08 Å². The van der Waals surface area contributed by atoms with Gasteiger partial charge in [-0.2, -0.15) is 0 Å². The van der Waals surface area contributed by atoms with Gasteiger partial charge >= 0.3 is 0 Å². The van der Waals surface area contributed by atoms with Gasteiger partial charge in [-0.3, -0.25) is 0 Å². The molecule has 0 rings (SSSR count). The summed E-state index contributed by atoms with van der Waals surface area (Å²) in [7, 11) is 0. The molecular formula is C8H17N. The highest BCUT2D eigenvalue weighted by atomic mass is 14.5. The van der Waals surface area contributed by atoms with E-state index in [1.54, 1.807) is 0 Å². The summed E-state index contributed by atoms with van der Waals surface area (Å²) in [5.74, 6) is 0.771. The molecule has 1 unspecified atom stereocenters. The summed E-state index contributed by atoms with van der Waals surface area (Å²) in [6, 6.07) is 0. The van der Waals surface area contributed by atoms with E-state index in [0.29, 0.717) is 0 Å². The molecule has 0 radical (unpaired) electrons. The van der Waals surface area contributed by atoms with Gasteiger partial charge in [0.25, 0.3) is 0 Å². The first-order valence-corrected chi connectivity index (χ1v) is 3.62. The molecule has 0 aromatic carbocycles. The molecule has 2 N–H and O–H groups in total. The first-order valence-electron chi connectivity index (χ1n) is 3.62. The van der Waals surface area contributed by atoms with E-state index in [0.717, 1.165) is 25.3 Å². The molecule has 0 aromatic heterocycles. The molecule has 0 bridgehead atoms. The minimum Gasteiger partial charge on any atom is -0.330 e. The summed E-state index contributed by atoms with van der Waals surface area (Å²) in [5.41, 5.74) is 5.38. The first kappa shape index (κ1) is 8.70. The van der Waals surface area contributed by atoms with Crippen LogP contribution in [0.3, 0.4) is 0 Å². The van der Waals surface area contributed by atoms with Gasteiger partial charge in [0.2, 0.25) is 0 Å². The largest absolute Gasteiger partial charge is 0.330 e. The second-order valence-corrected chi connectivity index (χ2v) is 2.55. The van der Waals surface area contributed by atoms with E-state index in [9.17, 15) is 0 Å². The molecule has 1 nitrogen and oxygen atoms in total. The van der Waals surface area contributed by atoms with Crippen molar-refractivity contribution in [1.29, 1.82) is 0 Å². The highest BCUT2D eigenvalue weighted by Crippen LogP contribution is 2.08. The Morgan fingerprint density at radius 2 is 2.22 bits per heavy atom. The fourth-order valence-corrected chi connectivity index (χ4v) is 0.831. The zero-order valence-electron chi connectivity index (χ0n) is 6.27. The van der Waals surface area contributed by atoms with Crippen molar-refractivity contribution >= 4 is 0 Å². The molecule has 0 saturated heterocycles. The Hall–Kier alpha value is -0.300. The third kappa shape index (κ3) is 5.57. The van der Waals surface area contributed by atoms with Crippen molar-refractivity contribution in [3.05, 3.63) is 12.7 Å². The van der Waals surface area contributed by atoms with Crippen molar-refractivity contribution in [2.75, 3.05) is 6.54 Å². The van der Waals surface area contributed by atoms with Crippen LogP contribution in [0.25, 0.3) is 0 Å². The van der Waals surface area contributed by atoms with Crippen LogP contribution in [-0.2, 0) is 0 Å². The molecule has 0 spiro atoms. The molecule has 0 aliphatic rings. The smallest absolute Gasteiger partial charge is 0.00747 e. The number of hydrogen-bond acceptors (Lipinski definition) is 1. The Labute approximate surface area is 57.9 Å². The van der Waals surface area contributed by atoms with Gasteiger partial charge in [-0.1, -0.05) is 13.0 Å². The summed E-state index contributed by atoms with van der Waals surface area (Å²) < 4.78 is 0. The Bertz CT molecular complexity index is 69.0. The Morgan fingerprint density at radius 3 is 2.67 bits per heavy atom. The number of hydrogen-bond donors (Lipinski definition) is 1. The molecule has 0 fully saturated rings. The predicted octanol–water partition coefficient (Wildman–Crippen LogP) is 1.94. The lowest BCUT2D eigenvalue weighted by molar-refractivity contribution is 0.504. The third-order valence-corrected chi connectivity index (χ3v) is 1.52. The van der Waals surface area contributed by atoms with E-state index in [1.165, 1.54) is 6.42 Å². The molecule has 1 heteroatoms. The van der Waals surface area contributed by atoms with Gasteiger partial charge in [-0.05, 0) is 31.7 Å². The van der Waals surface area contributed by atoms with Crippen LogP contribution in [0.1, 0.15) is 26.2 Å². The summed E-state index contributed by atoms with van der Waals surface area (Å²) >= 11 is 0. The Balaban J connectivity index is 3.04. The average Bonchev–Trinajstić information content (AvgIpc) is 1.85. The summed E-state index contributed by atoms with van der Waals surface area (Å²) in [6.07, 6.45) is 5.47. The van der Waals surface area contributed by atoms with Crippen molar-refractivity contribution in [2.45, 2.75) is 26.2 Å². The zero-order valence-corrected chi connectivity index (χ0v) is 6.27. The van der Waals surface area contributed by atoms with Crippen molar-refractivity contribution in [3.63, 3.8) is 0 Å². The summed E-state index contributed by atoms with van der Waals surface area (Å²) in [5, 5.41) is 0. The van der Waals surface area contributed by atoms with E-state index in [4.69, 9.17) is 5.73 Å². The second kappa shape index (κ2) is 5.83. The van der Waals surface area contributed by atoms with Crippen LogP contribution < -0.4 is 5.73 Å². The van der Waals surface area contributed by atoms with Crippen molar-refractivity contribution in [1.82, 2.24) is 0 Å². The van der Waals surface area contributed by atoms with Crippen LogP contribution in [0.15, 0.2) is 12.7 Å². The predicted molar refractivity (Wildman–Crippen MR) is 42.3 cm³/mol. The topological polar surface area (TPSA) is 26.0 Å². The SMILES string of the molecule is C=CCCC(C)CCN. The van der Waals surface area contributed by atoms with Crippen molar-refractivity contribution in [3.8, 4) is 0 Å². The van der Waals surface area contributed by atoms with Crippen molar-refractivity contribution < 1.29 is 0 Å². The van der Waals surface area contributed by atoms with Crippen LogP contribution >= 0.6 is 0 Å². The monoisotopic (exact) mass is 127 g/mol. The molecule has 54 valence electrons. The molecular weight excluding hydrogens is 110 g/mol. The van der Waals surface area contributed by atoms with Crippen molar-refractivity contribution in [2.24, 2.45) is 11.7 Å². The quantitative estimate of drug-likeness (QED) is 0.561. The maximum absolute atomic E-state index is 5.38. The highest BCUT2D eigenvalue weighted by Gasteiger charge is 1.96. The lowest BCUT2D eigenvalue weighted by atomic mass is 10.0. The molecule has 0 saturated carbocycles. The van der Waals surface area contributed by atoms with E-state index >= 15 is 0 Å². The van der Waals surface area contributed by atoms with Gasteiger partial charge in [-0.15, -0.1) is 6.58 Å². The average molecular weight is 127 g/mol. The fraction of sp³-hybridized carbons (Fsp3) is 0.750. The van der Waals surface area contributed by atoms with Gasteiger partial charge < -0.3 is 5.73 Å². The molecule has 0 aromatic rings. The van der Waals surface area contributed by atoms with Gasteiger partial charge in [0, 0.05) is 0 Å². The van der Waals surface area contributed by atoms with Crippen LogP contribution in [-0.4, -0.2) is 6.54 Å². The molecule has 9 heavy (non-hydrogen) atoms. The van der Waals surface area contributed by atoms with E-state index in [2.05, 4.69) is 13.5 Å². The lowest BCUT2D eigenvalue weighted by Gasteiger charge is -2.05. The minimum atomic E-state index is 0.771. The molecule has 0 aliphatic carbocycles. The Morgan fingerprint density at radius 1 is 1.56 bits per heavy atom. The highest BCUT2D eigenvalue weighted by molar-refractivity contribution is 4.67. The first-order chi connectivity index (χ1) is 4.31. The second-order valence-electron chi connectivity index (χ2n) is 2.55. The number of allylic oxidation sites excluding steroid dienone is 1. The van der Waals surface area contributed by atoms with Crippen LogP contribution in [0, 0.1) is 5.92 Å². The molecule has 0 amide bonds. The van der Waals surface area contributed by atoms with Crippen LogP contribution in [0.5, 0.6) is 0 Å². The van der Waals surface area contributed by atoms with Gasteiger partial charge in [0.05, 0.1) is 0 Å². The maximum atomic E-state index is 5.38. The van der Waals surface area contributed by atoms with Gasteiger partial charge in [-0.25, -0.2) is 0 Å². The van der Waals surface area contributed by atoms with E-state index in [-0.39, 0.29) is 0 Å². The zero-order chi connectivity index (χ0) is 7.11. The lowest BCUT2D eigenvalue weighted by Crippen LogP contribution is -2.04. The van der Waals surface area contributed by atoms with Crippen LogP contribution in [0.2, 0.25) is 0 Å². The maximum Gasteiger partial charge on any atom is -0.00747 e. The fourth-order valence-electron chi connectivity index (χ4n) is 0.831. The number of nitrogens with two attached hydrogens (primary N) is 1. The summed E-state index contributed by atoms with van der Waals surface area (Å²) in [4.78, 5) is 0. The standard InChI is InChI=1S/C8H17N/c1-3-4-5-8(2)6-7-9/h3,8H,1,4-7,9H2,2H3. The van der Waals surface area contributed by atoms with Gasteiger partial charge in [0.1, 0.15) is 0 Å². The molecule has 0 aliphatic heterocycles. The normalized spacial score (nSPS) is 13.1. The number of rotatable bonds is 5. The molecule has 0 heterocycles. The van der Waals surface area contributed by atoms with Crippen LogP contribution in [0.4, 0.5) is 0 Å². The third-order valence-electron chi connectivity index (χ3n) is 1.52. The Kier molecular flexibility index (Phi) is 5.64. The summed E-state index contributed by atoms with van der Waals surface area (Å²) in [6.45, 7) is 6.71.